The summed E-state index contributed by atoms with van der Waals surface area (Å²) in [6.45, 7) is 0. The molecule has 1 aromatic heterocycles. The van der Waals surface area contributed by atoms with Crippen LogP contribution in [0.15, 0.2) is 29.3 Å². The molecule has 0 fully saturated rings. The number of rotatable bonds is 1. The van der Waals surface area contributed by atoms with Crippen LogP contribution in [-0.2, 0) is 14.7 Å². The van der Waals surface area contributed by atoms with Crippen LogP contribution in [0.4, 0.5) is 0 Å². The van der Waals surface area contributed by atoms with Gasteiger partial charge in [0, 0.05) is 5.39 Å². The van der Waals surface area contributed by atoms with Crippen molar-refractivity contribution in [2.75, 3.05) is 0 Å². The molecule has 0 spiro atoms. The first kappa shape index (κ1) is 8.61. The average Bonchev–Trinajstić information content (AvgIpc) is 2.45. The van der Waals surface area contributed by atoms with Gasteiger partial charge in [-0.1, -0.05) is 22.8 Å². The highest BCUT2D eigenvalue weighted by atomic mass is 32.2. The smallest absolute Gasteiger partial charge is 0.190 e. The Kier molecular flexibility index (Phi) is 1.83. The van der Waals surface area contributed by atoms with E-state index in [0.717, 1.165) is 11.5 Å². The summed E-state index contributed by atoms with van der Waals surface area (Å²) in [5.74, 6) is 0. The van der Waals surface area contributed by atoms with Crippen molar-refractivity contribution in [1.29, 1.82) is 0 Å². The van der Waals surface area contributed by atoms with Crippen molar-refractivity contribution < 1.29 is 13.0 Å². The lowest BCUT2D eigenvalue weighted by Crippen LogP contribution is -1.95. The molecule has 4 nitrogen and oxygen atoms in total. The van der Waals surface area contributed by atoms with Crippen LogP contribution in [0.1, 0.15) is 0 Å². The Morgan fingerprint density at radius 3 is 2.62 bits per heavy atom. The molecule has 0 aliphatic heterocycles. The number of hydrogen-bond acceptors (Lipinski definition) is 4. The van der Waals surface area contributed by atoms with E-state index < -0.39 is 10.1 Å². The topological polar surface area (TPSA) is 66.9 Å². The summed E-state index contributed by atoms with van der Waals surface area (Å²) in [5.41, 5.74) is 0. The molecule has 0 atom stereocenters. The Bertz CT molecular complexity index is 544. The van der Waals surface area contributed by atoms with Crippen molar-refractivity contribution in [3.63, 3.8) is 0 Å². The average molecular weight is 214 g/mol. The van der Waals surface area contributed by atoms with E-state index >= 15 is 0 Å². The van der Waals surface area contributed by atoms with Gasteiger partial charge in [0.2, 0.25) is 5.03 Å². The number of aromatic nitrogens is 1. The third kappa shape index (κ3) is 1.43. The van der Waals surface area contributed by atoms with Crippen molar-refractivity contribution in [3.8, 4) is 0 Å². The lowest BCUT2D eigenvalue weighted by atomic mass is 10.3. The van der Waals surface area contributed by atoms with Crippen LogP contribution in [0, 0.1) is 0 Å². The first-order valence-electron chi connectivity index (χ1n) is 3.39. The van der Waals surface area contributed by atoms with Gasteiger partial charge in [-0.05, 0) is 17.6 Å². The highest BCUT2D eigenvalue weighted by Gasteiger charge is 2.18. The summed E-state index contributed by atoms with van der Waals surface area (Å²) >= 11 is 1.01. The molecule has 0 bridgehead atoms. The molecule has 2 aromatic rings. The second-order valence-electron chi connectivity index (χ2n) is 2.44. The molecule has 0 unspecified atom stereocenters. The maximum Gasteiger partial charge on any atom is 0.343 e. The molecule has 0 saturated carbocycles. The van der Waals surface area contributed by atoms with Crippen molar-refractivity contribution in [2.45, 2.75) is 5.03 Å². The van der Waals surface area contributed by atoms with Gasteiger partial charge in [-0.25, -0.2) is 0 Å². The largest absolute Gasteiger partial charge is 0.343 e. The molecule has 0 saturated heterocycles. The van der Waals surface area contributed by atoms with Crippen molar-refractivity contribution in [2.24, 2.45) is 0 Å². The maximum atomic E-state index is 10.7. The highest BCUT2D eigenvalue weighted by molar-refractivity contribution is 7.85. The van der Waals surface area contributed by atoms with E-state index in [9.17, 15) is 13.0 Å². The normalized spacial score (nSPS) is 12.1. The second-order valence-corrected chi connectivity index (χ2v) is 4.54. The van der Waals surface area contributed by atoms with Crippen LogP contribution in [0.3, 0.4) is 0 Å². The molecule has 0 aliphatic rings. The van der Waals surface area contributed by atoms with Crippen LogP contribution in [0.25, 0.3) is 10.1 Å². The van der Waals surface area contributed by atoms with E-state index in [4.69, 9.17) is 0 Å². The van der Waals surface area contributed by atoms with Gasteiger partial charge in [0.25, 0.3) is 0 Å². The fraction of sp³-hybridized carbons (Fsp3) is 0. The molecule has 2 rings (SSSR count). The molecule has 67 valence electrons. The Morgan fingerprint density at radius 1 is 1.23 bits per heavy atom. The van der Waals surface area contributed by atoms with Crippen LogP contribution < -0.4 is 0 Å². The van der Waals surface area contributed by atoms with Crippen molar-refractivity contribution in [3.05, 3.63) is 24.3 Å². The zero-order chi connectivity index (χ0) is 9.47. The maximum absolute atomic E-state index is 10.7. The van der Waals surface area contributed by atoms with Gasteiger partial charge in [-0.15, -0.1) is 0 Å². The minimum Gasteiger partial charge on any atom is -0.190 e. The van der Waals surface area contributed by atoms with Gasteiger partial charge < -0.3 is 0 Å². The molecule has 0 N–H and O–H groups in total. The van der Waals surface area contributed by atoms with Crippen LogP contribution in [0.2, 0.25) is 0 Å². The van der Waals surface area contributed by atoms with Crippen LogP contribution in [0.5, 0.6) is 0 Å². The van der Waals surface area contributed by atoms with E-state index in [-0.39, 0.29) is 5.03 Å². The minimum atomic E-state index is -4.44. The Balaban J connectivity index is 2.87. The quantitative estimate of drug-likeness (QED) is 0.720. The van der Waals surface area contributed by atoms with Gasteiger partial charge in [-0.2, -0.15) is 12.8 Å². The van der Waals surface area contributed by atoms with E-state index in [1.165, 1.54) is 0 Å². The Morgan fingerprint density at radius 2 is 1.92 bits per heavy atom. The first-order chi connectivity index (χ1) is 6.09. The number of hydrogen-bond donors (Lipinski definition) is 0. The third-order valence-corrected chi connectivity index (χ3v) is 3.31. The minimum absolute atomic E-state index is 0.367. The SMILES string of the molecule is [O]S(=O)(=O)c1nsc2ccccc12. The van der Waals surface area contributed by atoms with Gasteiger partial charge in [0.05, 0.1) is 4.70 Å². The fourth-order valence-electron chi connectivity index (χ4n) is 1.04. The standard InChI is InChI=1S/C7H4NO3S2/c9-13(10,11)7-5-3-1-2-4-6(5)12-8-7/h1-4H. The molecule has 0 aliphatic carbocycles. The monoisotopic (exact) mass is 214 g/mol. The third-order valence-electron chi connectivity index (χ3n) is 1.58. The fourth-order valence-corrected chi connectivity index (χ4v) is 2.71. The zero-order valence-corrected chi connectivity index (χ0v) is 7.93. The van der Waals surface area contributed by atoms with Crippen molar-refractivity contribution in [1.82, 2.24) is 4.37 Å². The summed E-state index contributed by atoms with van der Waals surface area (Å²) in [5, 5.41) is 0.0376. The number of nitrogens with zero attached hydrogens (tertiary/aromatic N) is 1. The Hall–Kier alpha value is -0.980. The predicted molar refractivity (Wildman–Crippen MR) is 47.5 cm³/mol. The summed E-state index contributed by atoms with van der Waals surface area (Å²) in [4.78, 5) is 0. The lowest BCUT2D eigenvalue weighted by Gasteiger charge is -1.88. The van der Waals surface area contributed by atoms with E-state index in [1.54, 1.807) is 24.3 Å². The number of benzene rings is 1. The molecule has 1 heterocycles. The highest BCUT2D eigenvalue weighted by Crippen LogP contribution is 2.25. The van der Waals surface area contributed by atoms with Gasteiger partial charge in [-0.3, -0.25) is 0 Å². The second kappa shape index (κ2) is 2.76. The van der Waals surface area contributed by atoms with Gasteiger partial charge in [0.15, 0.2) is 0 Å². The van der Waals surface area contributed by atoms with Gasteiger partial charge >= 0.3 is 10.1 Å². The summed E-state index contributed by atoms with van der Waals surface area (Å²) in [6, 6.07) is 6.73. The molecule has 6 heteroatoms. The van der Waals surface area contributed by atoms with E-state index in [0.29, 0.717) is 10.1 Å². The summed E-state index contributed by atoms with van der Waals surface area (Å²) < 4.78 is 36.4. The van der Waals surface area contributed by atoms with Crippen LogP contribution in [-0.4, -0.2) is 12.8 Å². The Labute approximate surface area is 78.7 Å². The molecule has 1 aromatic carbocycles. The lowest BCUT2D eigenvalue weighted by molar-refractivity contribution is 0.413. The summed E-state index contributed by atoms with van der Waals surface area (Å²) in [6.07, 6.45) is 0. The predicted octanol–water partition coefficient (Wildman–Crippen LogP) is 1.42. The summed E-state index contributed by atoms with van der Waals surface area (Å²) in [7, 11) is -4.44. The van der Waals surface area contributed by atoms with E-state index in [1.807, 2.05) is 0 Å². The van der Waals surface area contributed by atoms with Gasteiger partial charge in [0.1, 0.15) is 0 Å². The zero-order valence-electron chi connectivity index (χ0n) is 6.30. The molecule has 0 amide bonds. The van der Waals surface area contributed by atoms with Crippen LogP contribution >= 0.6 is 11.5 Å². The van der Waals surface area contributed by atoms with Crippen molar-refractivity contribution >= 4 is 31.7 Å². The first-order valence-corrected chi connectivity index (χ1v) is 5.57. The van der Waals surface area contributed by atoms with E-state index in [2.05, 4.69) is 4.37 Å². The molecule has 1 radical (unpaired) electrons. The molecular weight excluding hydrogens is 210 g/mol. The number of fused-ring (bicyclic) bond motifs is 1. The molecular formula is C7H4NO3S2. The molecule has 13 heavy (non-hydrogen) atoms.